The summed E-state index contributed by atoms with van der Waals surface area (Å²) >= 11 is 0. The Bertz CT molecular complexity index is 234. The lowest BCUT2D eigenvalue weighted by Gasteiger charge is -2.27. The monoisotopic (exact) mass is 224 g/mol. The maximum absolute atomic E-state index is 12.2. The standard InChI is InChI=1S/C13H24N2O/c1-2-14-12-9-10-15(13(12)16)11-7-5-3-4-6-8-11/h11-12,14H,2-10H2,1H3. The summed E-state index contributed by atoms with van der Waals surface area (Å²) in [6.07, 6.45) is 8.78. The van der Waals surface area contributed by atoms with Crippen molar-refractivity contribution in [3.8, 4) is 0 Å². The number of carbonyl (C=O) groups excluding carboxylic acids is 1. The normalized spacial score (nSPS) is 28.4. The number of rotatable bonds is 3. The van der Waals surface area contributed by atoms with Crippen molar-refractivity contribution in [1.82, 2.24) is 10.2 Å². The van der Waals surface area contributed by atoms with Crippen LogP contribution in [-0.2, 0) is 4.79 Å². The van der Waals surface area contributed by atoms with Crippen molar-refractivity contribution in [2.24, 2.45) is 0 Å². The van der Waals surface area contributed by atoms with Crippen molar-refractivity contribution in [3.63, 3.8) is 0 Å². The van der Waals surface area contributed by atoms with Gasteiger partial charge in [-0.05, 0) is 25.8 Å². The van der Waals surface area contributed by atoms with Crippen molar-refractivity contribution in [2.45, 2.75) is 64.0 Å². The minimum Gasteiger partial charge on any atom is -0.338 e. The zero-order chi connectivity index (χ0) is 11.4. The Balaban J connectivity index is 1.91. The fraction of sp³-hybridized carbons (Fsp3) is 0.923. The molecule has 2 rings (SSSR count). The van der Waals surface area contributed by atoms with Gasteiger partial charge in [-0.1, -0.05) is 32.6 Å². The molecule has 0 aromatic heterocycles. The van der Waals surface area contributed by atoms with Gasteiger partial charge in [0.15, 0.2) is 0 Å². The van der Waals surface area contributed by atoms with Gasteiger partial charge in [0.25, 0.3) is 0 Å². The van der Waals surface area contributed by atoms with Gasteiger partial charge in [0.1, 0.15) is 0 Å². The second-order valence-corrected chi connectivity index (χ2v) is 5.08. The number of likely N-dealkylation sites (N-methyl/N-ethyl adjacent to an activating group) is 1. The molecule has 92 valence electrons. The third kappa shape index (κ3) is 2.57. The highest BCUT2D eigenvalue weighted by molar-refractivity contribution is 5.84. The maximum atomic E-state index is 12.2. The second kappa shape index (κ2) is 5.67. The molecular formula is C13H24N2O. The van der Waals surface area contributed by atoms with Gasteiger partial charge < -0.3 is 10.2 Å². The predicted molar refractivity (Wildman–Crippen MR) is 65.3 cm³/mol. The number of nitrogens with one attached hydrogen (secondary N) is 1. The molecule has 2 fully saturated rings. The highest BCUT2D eigenvalue weighted by Crippen LogP contribution is 2.25. The summed E-state index contributed by atoms with van der Waals surface area (Å²) in [5.41, 5.74) is 0. The third-order valence-electron chi connectivity index (χ3n) is 3.96. The first-order valence-electron chi connectivity index (χ1n) is 6.86. The Morgan fingerprint density at radius 1 is 1.19 bits per heavy atom. The number of nitrogens with zero attached hydrogens (tertiary/aromatic N) is 1. The molecule has 1 N–H and O–H groups in total. The van der Waals surface area contributed by atoms with Crippen LogP contribution in [-0.4, -0.2) is 36.0 Å². The molecule has 0 spiro atoms. The Hall–Kier alpha value is -0.570. The van der Waals surface area contributed by atoms with Crippen LogP contribution in [0, 0.1) is 0 Å². The SMILES string of the molecule is CCNC1CCN(C2CCCCCC2)C1=O. The van der Waals surface area contributed by atoms with E-state index < -0.39 is 0 Å². The van der Waals surface area contributed by atoms with Gasteiger partial charge in [0.2, 0.25) is 5.91 Å². The summed E-state index contributed by atoms with van der Waals surface area (Å²) in [6, 6.07) is 0.645. The summed E-state index contributed by atoms with van der Waals surface area (Å²) < 4.78 is 0. The van der Waals surface area contributed by atoms with Crippen molar-refractivity contribution in [1.29, 1.82) is 0 Å². The first-order valence-corrected chi connectivity index (χ1v) is 6.86. The molecule has 1 aliphatic carbocycles. The van der Waals surface area contributed by atoms with E-state index in [1.165, 1.54) is 38.5 Å². The molecule has 1 amide bonds. The molecule has 3 heteroatoms. The number of amides is 1. The van der Waals surface area contributed by atoms with Crippen molar-refractivity contribution in [2.75, 3.05) is 13.1 Å². The molecule has 0 aromatic carbocycles. The fourth-order valence-corrected chi connectivity index (χ4v) is 3.07. The van der Waals surface area contributed by atoms with E-state index in [2.05, 4.69) is 17.1 Å². The lowest BCUT2D eigenvalue weighted by atomic mass is 10.1. The van der Waals surface area contributed by atoms with Gasteiger partial charge in [-0.15, -0.1) is 0 Å². The van der Waals surface area contributed by atoms with Crippen LogP contribution in [0.15, 0.2) is 0 Å². The van der Waals surface area contributed by atoms with E-state index in [-0.39, 0.29) is 6.04 Å². The van der Waals surface area contributed by atoms with E-state index >= 15 is 0 Å². The van der Waals surface area contributed by atoms with Gasteiger partial charge in [-0.2, -0.15) is 0 Å². The summed E-state index contributed by atoms with van der Waals surface area (Å²) in [6.45, 7) is 3.94. The smallest absolute Gasteiger partial charge is 0.240 e. The van der Waals surface area contributed by atoms with Crippen molar-refractivity contribution in [3.05, 3.63) is 0 Å². The second-order valence-electron chi connectivity index (χ2n) is 5.08. The van der Waals surface area contributed by atoms with Crippen LogP contribution in [0.4, 0.5) is 0 Å². The summed E-state index contributed by atoms with van der Waals surface area (Å²) in [5, 5.41) is 3.29. The molecule has 3 nitrogen and oxygen atoms in total. The zero-order valence-corrected chi connectivity index (χ0v) is 10.4. The molecule has 1 heterocycles. The van der Waals surface area contributed by atoms with Crippen LogP contribution < -0.4 is 5.32 Å². The van der Waals surface area contributed by atoms with Gasteiger partial charge >= 0.3 is 0 Å². The van der Waals surface area contributed by atoms with Crippen LogP contribution in [0.5, 0.6) is 0 Å². The Morgan fingerprint density at radius 3 is 2.50 bits per heavy atom. The van der Waals surface area contributed by atoms with Gasteiger partial charge in [-0.25, -0.2) is 0 Å². The van der Waals surface area contributed by atoms with Crippen LogP contribution in [0.3, 0.4) is 0 Å². The molecule has 0 bridgehead atoms. The maximum Gasteiger partial charge on any atom is 0.240 e. The fourth-order valence-electron chi connectivity index (χ4n) is 3.07. The van der Waals surface area contributed by atoms with E-state index in [1.54, 1.807) is 0 Å². The molecular weight excluding hydrogens is 200 g/mol. The van der Waals surface area contributed by atoms with Crippen LogP contribution >= 0.6 is 0 Å². The van der Waals surface area contributed by atoms with Gasteiger partial charge in [-0.3, -0.25) is 4.79 Å². The minimum absolute atomic E-state index is 0.105. The first kappa shape index (κ1) is 11.9. The van der Waals surface area contributed by atoms with E-state index in [1.807, 2.05) is 0 Å². The summed E-state index contributed by atoms with van der Waals surface area (Å²) in [5.74, 6) is 0.355. The van der Waals surface area contributed by atoms with Crippen molar-refractivity contribution >= 4 is 5.91 Å². The van der Waals surface area contributed by atoms with Crippen LogP contribution in [0.25, 0.3) is 0 Å². The van der Waals surface area contributed by atoms with Crippen molar-refractivity contribution < 1.29 is 4.79 Å². The molecule has 0 radical (unpaired) electrons. The number of hydrogen-bond donors (Lipinski definition) is 1. The van der Waals surface area contributed by atoms with Gasteiger partial charge in [0, 0.05) is 12.6 Å². The third-order valence-corrected chi connectivity index (χ3v) is 3.96. The molecule has 1 saturated heterocycles. The van der Waals surface area contributed by atoms with E-state index in [9.17, 15) is 4.79 Å². The predicted octanol–water partition coefficient (Wildman–Crippen LogP) is 1.92. The average molecular weight is 224 g/mol. The van der Waals surface area contributed by atoms with E-state index in [4.69, 9.17) is 0 Å². The minimum atomic E-state index is 0.105. The Kier molecular flexibility index (Phi) is 4.22. The highest BCUT2D eigenvalue weighted by atomic mass is 16.2. The largest absolute Gasteiger partial charge is 0.338 e. The quantitative estimate of drug-likeness (QED) is 0.743. The lowest BCUT2D eigenvalue weighted by molar-refractivity contribution is -0.131. The van der Waals surface area contributed by atoms with Crippen LogP contribution in [0.2, 0.25) is 0 Å². The molecule has 1 aliphatic heterocycles. The van der Waals surface area contributed by atoms with E-state index in [0.717, 1.165) is 19.5 Å². The molecule has 1 unspecified atom stereocenters. The number of hydrogen-bond acceptors (Lipinski definition) is 2. The summed E-state index contributed by atoms with van der Waals surface area (Å²) in [4.78, 5) is 14.3. The first-order chi connectivity index (χ1) is 7.83. The zero-order valence-electron chi connectivity index (χ0n) is 10.4. The number of likely N-dealkylation sites (tertiary alicyclic amines) is 1. The summed E-state index contributed by atoms with van der Waals surface area (Å²) in [7, 11) is 0. The van der Waals surface area contributed by atoms with E-state index in [0.29, 0.717) is 11.9 Å². The topological polar surface area (TPSA) is 32.3 Å². The van der Waals surface area contributed by atoms with Gasteiger partial charge in [0.05, 0.1) is 6.04 Å². The average Bonchev–Trinajstić information content (AvgIpc) is 2.55. The van der Waals surface area contributed by atoms with Crippen LogP contribution in [0.1, 0.15) is 51.9 Å². The Morgan fingerprint density at radius 2 is 1.88 bits per heavy atom. The lowest BCUT2D eigenvalue weighted by Crippen LogP contribution is -2.42. The number of carbonyl (C=O) groups is 1. The molecule has 16 heavy (non-hydrogen) atoms. The molecule has 2 aliphatic rings. The molecule has 1 saturated carbocycles. The Labute approximate surface area is 98.6 Å². The highest BCUT2D eigenvalue weighted by Gasteiger charge is 2.35. The molecule has 1 atom stereocenters. The molecule has 0 aromatic rings.